The number of hydrogen-bond donors (Lipinski definition) is 1. The number of urea groups is 1. The van der Waals surface area contributed by atoms with Crippen LogP contribution in [0.1, 0.15) is 16.8 Å². The summed E-state index contributed by atoms with van der Waals surface area (Å²) in [6, 6.07) is 2.75. The number of carbonyl (C=O) groups is 2. The molecule has 0 radical (unpaired) electrons. The number of fused-ring (bicyclic) bond motifs is 1. The van der Waals surface area contributed by atoms with Crippen LogP contribution in [-0.2, 0) is 0 Å². The van der Waals surface area contributed by atoms with Gasteiger partial charge in [-0.05, 0) is 18.2 Å². The molecule has 6 heteroatoms. The second-order valence-electron chi connectivity index (χ2n) is 4.54. The number of hydrogen-bond acceptors (Lipinski definition) is 3. The molecule has 1 aromatic rings. The van der Waals surface area contributed by atoms with Crippen LogP contribution in [-0.4, -0.2) is 43.5 Å². The maximum Gasteiger partial charge on any atom is 0.317 e. The number of nitrogens with one attached hydrogen (secondary N) is 1. The highest BCUT2D eigenvalue weighted by molar-refractivity contribution is 6.04. The molecule has 0 saturated carbocycles. The Morgan fingerprint density at radius 1 is 1.47 bits per heavy atom. The van der Waals surface area contributed by atoms with Crippen LogP contribution in [0, 0.1) is 5.82 Å². The van der Waals surface area contributed by atoms with E-state index in [1.54, 1.807) is 14.1 Å². The van der Waals surface area contributed by atoms with Gasteiger partial charge in [0, 0.05) is 20.5 Å². The molecule has 102 valence electrons. The Morgan fingerprint density at radius 3 is 2.89 bits per heavy atom. The second kappa shape index (κ2) is 5.26. The molecule has 0 aromatic heterocycles. The van der Waals surface area contributed by atoms with Crippen LogP contribution in [0.5, 0.6) is 5.75 Å². The van der Waals surface area contributed by atoms with Gasteiger partial charge in [-0.3, -0.25) is 4.79 Å². The molecule has 0 spiro atoms. The minimum absolute atomic E-state index is 0.168. The van der Waals surface area contributed by atoms with Crippen LogP contribution in [0.4, 0.5) is 9.18 Å². The van der Waals surface area contributed by atoms with Gasteiger partial charge in [-0.25, -0.2) is 9.18 Å². The number of carbonyl (C=O) groups excluding carboxylic acids is 2. The molecular weight excluding hydrogens is 251 g/mol. The highest BCUT2D eigenvalue weighted by Crippen LogP contribution is 2.25. The quantitative estimate of drug-likeness (QED) is 0.836. The molecule has 1 heterocycles. The molecule has 0 saturated heterocycles. The normalized spacial score (nSPS) is 18.1. The number of rotatable bonds is 1. The number of nitrogens with zero attached hydrogens (tertiary/aromatic N) is 1. The molecule has 0 fully saturated rings. The minimum atomic E-state index is -0.696. The zero-order valence-electron chi connectivity index (χ0n) is 10.8. The molecule has 19 heavy (non-hydrogen) atoms. The van der Waals surface area contributed by atoms with E-state index in [4.69, 9.17) is 4.74 Å². The molecule has 5 nitrogen and oxygen atoms in total. The summed E-state index contributed by atoms with van der Waals surface area (Å²) in [5.41, 5.74) is 0.168. The van der Waals surface area contributed by atoms with Crippen molar-refractivity contribution in [3.05, 3.63) is 29.6 Å². The molecule has 2 amide bonds. The van der Waals surface area contributed by atoms with Crippen LogP contribution in [0.25, 0.3) is 0 Å². The molecule has 1 aliphatic heterocycles. The van der Waals surface area contributed by atoms with Crippen LogP contribution in [0.2, 0.25) is 0 Å². The van der Waals surface area contributed by atoms with Crippen molar-refractivity contribution in [3.8, 4) is 5.75 Å². The van der Waals surface area contributed by atoms with E-state index >= 15 is 0 Å². The van der Waals surface area contributed by atoms with Gasteiger partial charge in [0.1, 0.15) is 11.6 Å². The fraction of sp³-hybridized carbons (Fsp3) is 0.385. The largest absolute Gasteiger partial charge is 0.493 e. The maximum absolute atomic E-state index is 13.2. The molecule has 0 aliphatic carbocycles. The van der Waals surface area contributed by atoms with Gasteiger partial charge in [0.05, 0.1) is 18.2 Å². The van der Waals surface area contributed by atoms with Crippen molar-refractivity contribution in [2.24, 2.45) is 0 Å². The molecule has 1 aromatic carbocycles. The summed E-state index contributed by atoms with van der Waals surface area (Å²) in [6.45, 7) is 0.294. The zero-order chi connectivity index (χ0) is 14.0. The SMILES string of the molecule is CN(C)C(=O)NC1CCOc2ccc(F)cc2C1=O. The maximum atomic E-state index is 13.2. The number of benzene rings is 1. The van der Waals surface area contributed by atoms with Crippen molar-refractivity contribution in [1.29, 1.82) is 0 Å². The van der Waals surface area contributed by atoms with Gasteiger partial charge in [0.25, 0.3) is 0 Å². The smallest absolute Gasteiger partial charge is 0.317 e. The number of ether oxygens (including phenoxy) is 1. The lowest BCUT2D eigenvalue weighted by Gasteiger charge is -2.18. The summed E-state index contributed by atoms with van der Waals surface area (Å²) in [6.07, 6.45) is 0.356. The van der Waals surface area contributed by atoms with Crippen LogP contribution in [0.3, 0.4) is 0 Å². The summed E-state index contributed by atoms with van der Waals surface area (Å²) in [7, 11) is 3.17. The summed E-state index contributed by atoms with van der Waals surface area (Å²) in [5, 5.41) is 2.60. The van der Waals surface area contributed by atoms with E-state index in [-0.39, 0.29) is 17.4 Å². The topological polar surface area (TPSA) is 58.6 Å². The van der Waals surface area contributed by atoms with Gasteiger partial charge in [-0.15, -0.1) is 0 Å². The fourth-order valence-corrected chi connectivity index (χ4v) is 1.84. The Hall–Kier alpha value is -2.11. The number of amides is 2. The van der Waals surface area contributed by atoms with E-state index < -0.39 is 11.9 Å². The lowest BCUT2D eigenvalue weighted by atomic mass is 10.0. The third-order valence-electron chi connectivity index (χ3n) is 2.89. The van der Waals surface area contributed by atoms with E-state index in [0.717, 1.165) is 6.07 Å². The average Bonchev–Trinajstić information content (AvgIpc) is 2.51. The van der Waals surface area contributed by atoms with Crippen molar-refractivity contribution in [2.75, 3.05) is 20.7 Å². The summed E-state index contributed by atoms with van der Waals surface area (Å²) in [5.74, 6) is -0.481. The van der Waals surface area contributed by atoms with Crippen LogP contribution >= 0.6 is 0 Å². The number of Topliss-reactive ketones (excluding diaryl/α,β-unsaturated/α-hetero) is 1. The van der Waals surface area contributed by atoms with E-state index in [2.05, 4.69) is 5.32 Å². The van der Waals surface area contributed by atoms with Gasteiger partial charge in [-0.1, -0.05) is 0 Å². The first-order valence-electron chi connectivity index (χ1n) is 5.93. The summed E-state index contributed by atoms with van der Waals surface area (Å²) in [4.78, 5) is 25.2. The monoisotopic (exact) mass is 266 g/mol. The molecule has 1 aliphatic rings. The molecule has 1 atom stereocenters. The van der Waals surface area contributed by atoms with Gasteiger partial charge >= 0.3 is 6.03 Å². The van der Waals surface area contributed by atoms with E-state index in [9.17, 15) is 14.0 Å². The Labute approximate surface area is 110 Å². The van der Waals surface area contributed by atoms with Crippen molar-refractivity contribution in [2.45, 2.75) is 12.5 Å². The molecule has 2 rings (SSSR count). The standard InChI is InChI=1S/C13H15FN2O3/c1-16(2)13(18)15-10-5-6-19-11-4-3-8(14)7-9(11)12(10)17/h3-4,7,10H,5-6H2,1-2H3,(H,15,18). The third kappa shape index (κ3) is 2.83. The number of halogens is 1. The van der Waals surface area contributed by atoms with Gasteiger partial charge in [-0.2, -0.15) is 0 Å². The number of ketones is 1. The van der Waals surface area contributed by atoms with Gasteiger partial charge in [0.2, 0.25) is 0 Å². The van der Waals surface area contributed by atoms with Crippen molar-refractivity contribution < 1.29 is 18.7 Å². The Kier molecular flexibility index (Phi) is 3.69. The van der Waals surface area contributed by atoms with E-state index in [1.807, 2.05) is 0 Å². The van der Waals surface area contributed by atoms with Gasteiger partial charge < -0.3 is 15.0 Å². The first-order chi connectivity index (χ1) is 8.99. The molecular formula is C13H15FN2O3. The molecule has 1 N–H and O–H groups in total. The van der Waals surface area contributed by atoms with Crippen molar-refractivity contribution >= 4 is 11.8 Å². The Balaban J connectivity index is 2.25. The Bertz CT molecular complexity index is 517. The van der Waals surface area contributed by atoms with Crippen molar-refractivity contribution in [3.63, 3.8) is 0 Å². The first kappa shape index (κ1) is 13.3. The Morgan fingerprint density at radius 2 is 2.21 bits per heavy atom. The zero-order valence-corrected chi connectivity index (χ0v) is 10.8. The lowest BCUT2D eigenvalue weighted by molar-refractivity contribution is 0.0940. The first-order valence-corrected chi connectivity index (χ1v) is 5.93. The minimum Gasteiger partial charge on any atom is -0.493 e. The van der Waals surface area contributed by atoms with Crippen LogP contribution in [0.15, 0.2) is 18.2 Å². The van der Waals surface area contributed by atoms with Gasteiger partial charge in [0.15, 0.2) is 5.78 Å². The fourth-order valence-electron chi connectivity index (χ4n) is 1.84. The third-order valence-corrected chi connectivity index (χ3v) is 2.89. The lowest BCUT2D eigenvalue weighted by Crippen LogP contribution is -2.45. The van der Waals surface area contributed by atoms with Crippen LogP contribution < -0.4 is 10.1 Å². The predicted octanol–water partition coefficient (Wildman–Crippen LogP) is 1.43. The highest BCUT2D eigenvalue weighted by atomic mass is 19.1. The second-order valence-corrected chi connectivity index (χ2v) is 4.54. The summed E-state index contributed by atoms with van der Waals surface area (Å²) >= 11 is 0. The van der Waals surface area contributed by atoms with E-state index in [1.165, 1.54) is 17.0 Å². The average molecular weight is 266 g/mol. The van der Waals surface area contributed by atoms with Crippen molar-refractivity contribution in [1.82, 2.24) is 10.2 Å². The molecule has 1 unspecified atom stereocenters. The molecule has 0 bridgehead atoms. The predicted molar refractivity (Wildman–Crippen MR) is 66.8 cm³/mol. The highest BCUT2D eigenvalue weighted by Gasteiger charge is 2.28. The van der Waals surface area contributed by atoms with E-state index in [0.29, 0.717) is 18.8 Å². The summed E-state index contributed by atoms with van der Waals surface area (Å²) < 4.78 is 18.6.